The third-order valence-electron chi connectivity index (χ3n) is 3.39. The zero-order valence-electron chi connectivity index (χ0n) is 11.7. The SMILES string of the molecule is CCN(Cc1ccco1)CC(C(N)=S)c1ccccc1. The minimum absolute atomic E-state index is 0.0705. The largest absolute Gasteiger partial charge is 0.468 e. The summed E-state index contributed by atoms with van der Waals surface area (Å²) in [5.41, 5.74) is 7.09. The normalized spacial score (nSPS) is 12.5. The monoisotopic (exact) mass is 288 g/mol. The minimum atomic E-state index is 0.0705. The van der Waals surface area contributed by atoms with Gasteiger partial charge in [0.25, 0.3) is 0 Å². The average Bonchev–Trinajstić information content (AvgIpc) is 2.96. The van der Waals surface area contributed by atoms with E-state index >= 15 is 0 Å². The van der Waals surface area contributed by atoms with Crippen LogP contribution in [-0.2, 0) is 6.54 Å². The smallest absolute Gasteiger partial charge is 0.117 e. The lowest BCUT2D eigenvalue weighted by Gasteiger charge is -2.25. The highest BCUT2D eigenvalue weighted by Crippen LogP contribution is 2.19. The Hall–Kier alpha value is -1.65. The molecule has 0 saturated heterocycles. The van der Waals surface area contributed by atoms with Crippen molar-refractivity contribution >= 4 is 17.2 Å². The molecule has 3 nitrogen and oxygen atoms in total. The molecular formula is C16H20N2OS. The third kappa shape index (κ3) is 3.92. The van der Waals surface area contributed by atoms with Gasteiger partial charge in [-0.25, -0.2) is 0 Å². The van der Waals surface area contributed by atoms with Crippen molar-refractivity contribution in [1.82, 2.24) is 4.90 Å². The molecule has 2 aromatic rings. The van der Waals surface area contributed by atoms with E-state index in [9.17, 15) is 0 Å². The van der Waals surface area contributed by atoms with Crippen LogP contribution in [0, 0.1) is 0 Å². The van der Waals surface area contributed by atoms with Crippen molar-refractivity contribution in [1.29, 1.82) is 0 Å². The zero-order chi connectivity index (χ0) is 14.4. The summed E-state index contributed by atoms with van der Waals surface area (Å²) in [5.74, 6) is 1.03. The standard InChI is InChI=1S/C16H20N2OS/c1-2-18(11-14-9-6-10-19-14)12-15(16(17)20)13-7-4-3-5-8-13/h3-10,15H,2,11-12H2,1H3,(H2,17,20). The van der Waals surface area contributed by atoms with E-state index in [1.165, 1.54) is 0 Å². The fourth-order valence-corrected chi connectivity index (χ4v) is 2.44. The Morgan fingerprint density at radius 1 is 1.25 bits per heavy atom. The maximum Gasteiger partial charge on any atom is 0.117 e. The first-order valence-corrected chi connectivity index (χ1v) is 7.20. The van der Waals surface area contributed by atoms with Crippen LogP contribution in [0.5, 0.6) is 0 Å². The molecule has 1 unspecified atom stereocenters. The molecule has 0 radical (unpaired) electrons. The van der Waals surface area contributed by atoms with Gasteiger partial charge in [0.2, 0.25) is 0 Å². The summed E-state index contributed by atoms with van der Waals surface area (Å²) >= 11 is 5.24. The van der Waals surface area contributed by atoms with E-state index in [0.29, 0.717) is 4.99 Å². The molecule has 0 amide bonds. The Kier molecular flexibility index (Phi) is 5.32. The first-order chi connectivity index (χ1) is 9.70. The van der Waals surface area contributed by atoms with E-state index in [-0.39, 0.29) is 5.92 Å². The number of nitrogens with zero attached hydrogens (tertiary/aromatic N) is 1. The van der Waals surface area contributed by atoms with E-state index in [1.807, 2.05) is 30.3 Å². The maximum atomic E-state index is 5.93. The number of rotatable bonds is 7. The highest BCUT2D eigenvalue weighted by molar-refractivity contribution is 7.80. The molecule has 0 aliphatic rings. The molecule has 0 aliphatic heterocycles. The number of benzene rings is 1. The quantitative estimate of drug-likeness (QED) is 0.795. The van der Waals surface area contributed by atoms with E-state index in [1.54, 1.807) is 6.26 Å². The molecular weight excluding hydrogens is 268 g/mol. The molecule has 20 heavy (non-hydrogen) atoms. The van der Waals surface area contributed by atoms with Crippen LogP contribution in [0.1, 0.15) is 24.2 Å². The number of hydrogen-bond acceptors (Lipinski definition) is 3. The molecule has 1 aromatic heterocycles. The average molecular weight is 288 g/mol. The van der Waals surface area contributed by atoms with Gasteiger partial charge in [-0.2, -0.15) is 0 Å². The highest BCUT2D eigenvalue weighted by Gasteiger charge is 2.18. The van der Waals surface area contributed by atoms with E-state index in [2.05, 4.69) is 24.0 Å². The van der Waals surface area contributed by atoms with Gasteiger partial charge in [0.15, 0.2) is 0 Å². The van der Waals surface area contributed by atoms with Crippen LogP contribution in [0.15, 0.2) is 53.1 Å². The van der Waals surface area contributed by atoms with Crippen LogP contribution < -0.4 is 5.73 Å². The van der Waals surface area contributed by atoms with Gasteiger partial charge in [-0.1, -0.05) is 49.5 Å². The molecule has 0 bridgehead atoms. The van der Waals surface area contributed by atoms with Crippen LogP contribution in [0.2, 0.25) is 0 Å². The Morgan fingerprint density at radius 3 is 2.55 bits per heavy atom. The van der Waals surface area contributed by atoms with Crippen LogP contribution >= 0.6 is 12.2 Å². The van der Waals surface area contributed by atoms with Gasteiger partial charge >= 0.3 is 0 Å². The molecule has 2 N–H and O–H groups in total. The Morgan fingerprint density at radius 2 is 2.00 bits per heavy atom. The van der Waals surface area contributed by atoms with E-state index in [0.717, 1.165) is 31.0 Å². The molecule has 0 spiro atoms. The van der Waals surface area contributed by atoms with Gasteiger partial charge < -0.3 is 10.2 Å². The first-order valence-electron chi connectivity index (χ1n) is 6.79. The van der Waals surface area contributed by atoms with Crippen molar-refractivity contribution in [3.05, 3.63) is 60.1 Å². The summed E-state index contributed by atoms with van der Waals surface area (Å²) in [4.78, 5) is 2.82. The molecule has 0 saturated carbocycles. The van der Waals surface area contributed by atoms with Gasteiger partial charge in [-0.3, -0.25) is 4.90 Å². The molecule has 1 aromatic carbocycles. The number of likely N-dealkylation sites (N-methyl/N-ethyl adjacent to an activating group) is 1. The summed E-state index contributed by atoms with van der Waals surface area (Å²) in [7, 11) is 0. The number of furan rings is 1. The number of thiocarbonyl (C=S) groups is 1. The minimum Gasteiger partial charge on any atom is -0.468 e. The second-order valence-corrected chi connectivity index (χ2v) is 5.24. The zero-order valence-corrected chi connectivity index (χ0v) is 12.5. The van der Waals surface area contributed by atoms with Crippen molar-refractivity contribution in [3.8, 4) is 0 Å². The second-order valence-electron chi connectivity index (χ2n) is 4.77. The Bertz CT molecular complexity index is 525. The van der Waals surface area contributed by atoms with Crippen molar-refractivity contribution < 1.29 is 4.42 Å². The Labute approximate surface area is 125 Å². The molecule has 4 heteroatoms. The predicted molar refractivity (Wildman–Crippen MR) is 85.6 cm³/mol. The predicted octanol–water partition coefficient (Wildman–Crippen LogP) is 3.17. The molecule has 2 rings (SSSR count). The summed E-state index contributed by atoms with van der Waals surface area (Å²) in [6.45, 7) is 4.63. The van der Waals surface area contributed by atoms with Crippen LogP contribution in [0.25, 0.3) is 0 Å². The van der Waals surface area contributed by atoms with Crippen molar-refractivity contribution in [3.63, 3.8) is 0 Å². The van der Waals surface area contributed by atoms with Crippen LogP contribution in [0.3, 0.4) is 0 Å². The lowest BCUT2D eigenvalue weighted by atomic mass is 9.98. The molecule has 0 aliphatic carbocycles. The second kappa shape index (κ2) is 7.22. The molecule has 0 fully saturated rings. The van der Waals surface area contributed by atoms with Gasteiger partial charge in [0, 0.05) is 12.5 Å². The van der Waals surface area contributed by atoms with Crippen molar-refractivity contribution in [2.45, 2.75) is 19.4 Å². The highest BCUT2D eigenvalue weighted by atomic mass is 32.1. The molecule has 1 atom stereocenters. The third-order valence-corrected chi connectivity index (χ3v) is 3.68. The lowest BCUT2D eigenvalue weighted by Crippen LogP contribution is -2.33. The van der Waals surface area contributed by atoms with Crippen LogP contribution in [0.4, 0.5) is 0 Å². The molecule has 1 heterocycles. The summed E-state index contributed by atoms with van der Waals surface area (Å²) in [5, 5.41) is 0. The van der Waals surface area contributed by atoms with Crippen molar-refractivity contribution in [2.75, 3.05) is 13.1 Å². The fraction of sp³-hybridized carbons (Fsp3) is 0.312. The van der Waals surface area contributed by atoms with Gasteiger partial charge in [-0.15, -0.1) is 0 Å². The molecule has 106 valence electrons. The maximum absolute atomic E-state index is 5.93. The number of nitrogens with two attached hydrogens (primary N) is 1. The summed E-state index contributed by atoms with van der Waals surface area (Å²) < 4.78 is 5.41. The summed E-state index contributed by atoms with van der Waals surface area (Å²) in [6, 6.07) is 14.1. The van der Waals surface area contributed by atoms with E-state index in [4.69, 9.17) is 22.4 Å². The van der Waals surface area contributed by atoms with Crippen molar-refractivity contribution in [2.24, 2.45) is 5.73 Å². The number of hydrogen-bond donors (Lipinski definition) is 1. The Balaban J connectivity index is 2.08. The van der Waals surface area contributed by atoms with Gasteiger partial charge in [0.1, 0.15) is 5.76 Å². The summed E-state index contributed by atoms with van der Waals surface area (Å²) in [6.07, 6.45) is 1.70. The van der Waals surface area contributed by atoms with Gasteiger partial charge in [-0.05, 0) is 24.2 Å². The lowest BCUT2D eigenvalue weighted by molar-refractivity contribution is 0.253. The van der Waals surface area contributed by atoms with Crippen LogP contribution in [-0.4, -0.2) is 23.0 Å². The van der Waals surface area contributed by atoms with Gasteiger partial charge in [0.05, 0.1) is 17.8 Å². The van der Waals surface area contributed by atoms with E-state index < -0.39 is 0 Å². The topological polar surface area (TPSA) is 42.4 Å². The fourth-order valence-electron chi connectivity index (χ4n) is 2.23. The first kappa shape index (κ1) is 14.8.